The average Bonchev–Trinajstić information content (AvgIpc) is 2.91. The number of ketones is 1. The van der Waals surface area contributed by atoms with Crippen LogP contribution in [-0.4, -0.2) is 25.4 Å². The van der Waals surface area contributed by atoms with Crippen LogP contribution in [0.25, 0.3) is 11.2 Å². The Bertz CT molecular complexity index is 731. The molecule has 0 radical (unpaired) electrons. The molecule has 0 fully saturated rings. The molecule has 0 aliphatic rings. The van der Waals surface area contributed by atoms with Gasteiger partial charge >= 0.3 is 33.1 Å². The van der Waals surface area contributed by atoms with Crippen molar-refractivity contribution in [2.24, 2.45) is 0 Å². The predicted molar refractivity (Wildman–Crippen MR) is 71.2 cm³/mol. The van der Waals surface area contributed by atoms with Crippen LogP contribution in [0.5, 0.6) is 0 Å². The van der Waals surface area contributed by atoms with E-state index in [0.29, 0.717) is 41.6 Å². The Balaban J connectivity index is 0.000000704. The molecule has 0 amide bonds. The third-order valence-corrected chi connectivity index (χ3v) is 2.61. The number of nitrogen functional groups attached to an aromatic ring is 1. The molecule has 0 bridgehead atoms. The third kappa shape index (κ3) is 2.81. The molecular weight excluding hydrogens is 466 g/mol. The second-order valence-electron chi connectivity index (χ2n) is 3.74. The van der Waals surface area contributed by atoms with Crippen LogP contribution in [0.4, 0.5) is 0 Å². The molecule has 2 heterocycles. The van der Waals surface area contributed by atoms with Crippen LogP contribution < -0.4 is 5.84 Å². The minimum atomic E-state index is -0.193. The minimum absolute atomic E-state index is 0.193. The fourth-order valence-corrected chi connectivity index (χ4v) is 1.74. The third-order valence-electron chi connectivity index (χ3n) is 2.61. The first-order valence-electron chi connectivity index (χ1n) is 5.57. The molecule has 0 saturated carbocycles. The van der Waals surface area contributed by atoms with Gasteiger partial charge in [-0.05, 0) is 0 Å². The number of carbonyl (C=O) groups excluding carboxylic acids is 1. The molecule has 97 valence electrons. The van der Waals surface area contributed by atoms with Crippen molar-refractivity contribution in [1.29, 1.82) is 0 Å². The molecule has 2 N–H and O–H groups in total. The Kier molecular flexibility index (Phi) is 5.02. The maximum absolute atomic E-state index is 12.3. The number of hydrogen-bond acceptors (Lipinski definition) is 5. The summed E-state index contributed by atoms with van der Waals surface area (Å²) in [7, 11) is 4.83. The van der Waals surface area contributed by atoms with Gasteiger partial charge in [0.1, 0.15) is 23.9 Å². The van der Waals surface area contributed by atoms with Crippen molar-refractivity contribution in [2.45, 2.75) is 0 Å². The van der Waals surface area contributed by atoms with Crippen molar-refractivity contribution in [1.82, 2.24) is 19.6 Å². The number of nitrogens with zero attached hydrogens (tertiary/aromatic N) is 4. The van der Waals surface area contributed by atoms with Crippen molar-refractivity contribution in [2.75, 3.05) is 5.84 Å². The molecular formula is C12H9ClHgN5O. The molecule has 0 unspecified atom stereocenters. The van der Waals surface area contributed by atoms with Gasteiger partial charge in [-0.25, -0.2) is 19.6 Å². The zero-order chi connectivity index (χ0) is 14.5. The van der Waals surface area contributed by atoms with Gasteiger partial charge in [0.05, 0.1) is 0 Å². The van der Waals surface area contributed by atoms with E-state index in [1.807, 2.05) is 6.07 Å². The van der Waals surface area contributed by atoms with Gasteiger partial charge in [-0.15, -0.1) is 0 Å². The molecule has 3 aromatic rings. The van der Waals surface area contributed by atoms with Gasteiger partial charge in [0, 0.05) is 5.56 Å². The van der Waals surface area contributed by atoms with Crippen LogP contribution >= 0.6 is 8.25 Å². The van der Waals surface area contributed by atoms with Gasteiger partial charge in [-0.2, -0.15) is 0 Å². The Morgan fingerprint density at radius 3 is 2.55 bits per heavy atom. The van der Waals surface area contributed by atoms with E-state index < -0.39 is 0 Å². The maximum atomic E-state index is 12.3. The van der Waals surface area contributed by atoms with Crippen LogP contribution in [0.1, 0.15) is 16.1 Å². The summed E-state index contributed by atoms with van der Waals surface area (Å²) in [5.41, 5.74) is 1.66. The number of benzene rings is 1. The summed E-state index contributed by atoms with van der Waals surface area (Å²) >= 11 is 0.500. The number of nitrogens with two attached hydrogens (primary N) is 1. The van der Waals surface area contributed by atoms with E-state index in [-0.39, 0.29) is 11.5 Å². The number of hydrogen-bond donors (Lipinski definition) is 1. The van der Waals surface area contributed by atoms with Crippen LogP contribution in [0, 0.1) is 0 Å². The van der Waals surface area contributed by atoms with Gasteiger partial charge in [0.15, 0.2) is 5.65 Å². The number of rotatable bonds is 2. The van der Waals surface area contributed by atoms with Crippen molar-refractivity contribution >= 4 is 25.2 Å². The summed E-state index contributed by atoms with van der Waals surface area (Å²) in [4.78, 5) is 24.3. The number of carbonyl (C=O) groups is 1. The zero-order valence-electron chi connectivity index (χ0n) is 10.4. The standard InChI is InChI=1S/C12H9N5O.ClH.Hg/c13-17-7-16-10-9(14-6-15-12(10)17)11(18)8-4-2-1-3-5-8;;/h1-7H,13H2;1H;/q;;+1/p-1. The molecule has 0 aliphatic carbocycles. The van der Waals surface area contributed by atoms with E-state index in [9.17, 15) is 4.79 Å². The van der Waals surface area contributed by atoms with E-state index in [2.05, 4.69) is 15.0 Å². The molecule has 0 aliphatic heterocycles. The Labute approximate surface area is 134 Å². The molecule has 3 rings (SSSR count). The fourth-order valence-electron chi connectivity index (χ4n) is 1.74. The topological polar surface area (TPSA) is 86.7 Å². The van der Waals surface area contributed by atoms with Gasteiger partial charge < -0.3 is 5.84 Å². The molecule has 6 nitrogen and oxygen atoms in total. The van der Waals surface area contributed by atoms with Crippen molar-refractivity contribution < 1.29 is 29.7 Å². The van der Waals surface area contributed by atoms with Crippen LogP contribution in [0.15, 0.2) is 43.0 Å². The molecule has 0 atom stereocenters. The number of imidazole rings is 1. The predicted octanol–water partition coefficient (Wildman–Crippen LogP) is 1.46. The zero-order valence-corrected chi connectivity index (χ0v) is 16.7. The average molecular weight is 475 g/mol. The van der Waals surface area contributed by atoms with Crippen LogP contribution in [0.2, 0.25) is 0 Å². The monoisotopic (exact) mass is 476 g/mol. The molecule has 0 saturated heterocycles. The summed E-state index contributed by atoms with van der Waals surface area (Å²) < 4.78 is 1.26. The van der Waals surface area contributed by atoms with Crippen molar-refractivity contribution in [3.8, 4) is 0 Å². The van der Waals surface area contributed by atoms with E-state index in [4.69, 9.17) is 14.1 Å². The van der Waals surface area contributed by atoms with E-state index in [1.54, 1.807) is 24.3 Å². The van der Waals surface area contributed by atoms with Gasteiger partial charge in [0.2, 0.25) is 5.78 Å². The Morgan fingerprint density at radius 2 is 1.85 bits per heavy atom. The Morgan fingerprint density at radius 1 is 1.15 bits per heavy atom. The second kappa shape index (κ2) is 6.76. The first-order valence-corrected chi connectivity index (χ1v) is 12.3. The molecule has 20 heavy (non-hydrogen) atoms. The summed E-state index contributed by atoms with van der Waals surface area (Å²) in [6, 6.07) is 8.91. The number of aromatic nitrogens is 4. The van der Waals surface area contributed by atoms with Crippen molar-refractivity contribution in [3.63, 3.8) is 0 Å². The fraction of sp³-hybridized carbons (Fsp3) is 0. The first-order chi connectivity index (χ1) is 9.77. The second-order valence-corrected chi connectivity index (χ2v) is 3.74. The summed E-state index contributed by atoms with van der Waals surface area (Å²) in [6.45, 7) is 0. The molecule has 8 heteroatoms. The summed E-state index contributed by atoms with van der Waals surface area (Å²) in [5, 5.41) is 0. The van der Waals surface area contributed by atoms with Crippen LogP contribution in [0.3, 0.4) is 0 Å². The van der Waals surface area contributed by atoms with Crippen molar-refractivity contribution in [3.05, 3.63) is 54.2 Å². The number of fused-ring (bicyclic) bond motifs is 1. The van der Waals surface area contributed by atoms with E-state index in [1.165, 1.54) is 17.3 Å². The first kappa shape index (κ1) is 14.9. The van der Waals surface area contributed by atoms with Gasteiger partial charge in [0.25, 0.3) is 0 Å². The number of halogens is 1. The Hall–Kier alpha value is -1.53. The molecule has 0 spiro atoms. The summed E-state index contributed by atoms with van der Waals surface area (Å²) in [6.07, 6.45) is 2.71. The van der Waals surface area contributed by atoms with E-state index >= 15 is 0 Å². The SMILES string of the molecule is Nn1cnc2c(C(=O)c3ccccc3)ncnc21.[Cl][Hg]. The van der Waals surface area contributed by atoms with Gasteiger partial charge in [-0.3, -0.25) is 4.79 Å². The quantitative estimate of drug-likeness (QED) is 0.345. The molecule has 2 aromatic heterocycles. The van der Waals surface area contributed by atoms with E-state index in [0.717, 1.165) is 0 Å². The molecule has 1 aromatic carbocycles. The normalized spacial score (nSPS) is 9.95. The van der Waals surface area contributed by atoms with Crippen LogP contribution in [-0.2, 0) is 24.9 Å². The summed E-state index contributed by atoms with van der Waals surface area (Å²) in [5.74, 6) is 5.44. The van der Waals surface area contributed by atoms with Gasteiger partial charge in [-0.1, -0.05) is 30.3 Å².